The Kier molecular flexibility index (Phi) is 4.08. The molecule has 0 spiro atoms. The lowest BCUT2D eigenvalue weighted by Crippen LogP contribution is -2.32. The van der Waals surface area contributed by atoms with E-state index in [1.165, 1.54) is 4.90 Å². The second kappa shape index (κ2) is 5.51. The number of likely N-dealkylation sites (tertiary alicyclic amines) is 1. The SMILES string of the molecule is NC(=O)C1CCN(C(=O)c2ncc(C(F)(F)F)cc2Cl)C1. The fourth-order valence-electron chi connectivity index (χ4n) is 2.08. The lowest BCUT2D eigenvalue weighted by Gasteiger charge is -2.16. The molecule has 21 heavy (non-hydrogen) atoms. The van der Waals surface area contributed by atoms with Gasteiger partial charge in [-0.2, -0.15) is 13.2 Å². The Labute approximate surface area is 122 Å². The van der Waals surface area contributed by atoms with Gasteiger partial charge in [-0.25, -0.2) is 4.98 Å². The number of carbonyl (C=O) groups excluding carboxylic acids is 2. The minimum atomic E-state index is -4.58. The number of aromatic nitrogens is 1. The van der Waals surface area contributed by atoms with Crippen LogP contribution in [0, 0.1) is 5.92 Å². The molecular weight excluding hydrogens is 311 g/mol. The second-order valence-corrected chi connectivity index (χ2v) is 5.10. The van der Waals surface area contributed by atoms with E-state index in [4.69, 9.17) is 17.3 Å². The summed E-state index contributed by atoms with van der Waals surface area (Å²) < 4.78 is 37.5. The van der Waals surface area contributed by atoms with E-state index < -0.39 is 29.5 Å². The molecule has 1 aromatic rings. The van der Waals surface area contributed by atoms with Crippen LogP contribution in [0.3, 0.4) is 0 Å². The maximum atomic E-state index is 12.5. The number of primary amides is 1. The third-order valence-corrected chi connectivity index (χ3v) is 3.54. The minimum Gasteiger partial charge on any atom is -0.369 e. The van der Waals surface area contributed by atoms with Gasteiger partial charge in [0, 0.05) is 19.3 Å². The topological polar surface area (TPSA) is 76.3 Å². The number of amides is 2. The molecule has 9 heteroatoms. The number of pyridine rings is 1. The summed E-state index contributed by atoms with van der Waals surface area (Å²) in [7, 11) is 0. The van der Waals surface area contributed by atoms with Gasteiger partial charge in [-0.15, -0.1) is 0 Å². The van der Waals surface area contributed by atoms with Gasteiger partial charge in [-0.1, -0.05) is 11.6 Å². The highest BCUT2D eigenvalue weighted by Crippen LogP contribution is 2.31. The summed E-state index contributed by atoms with van der Waals surface area (Å²) in [5.74, 6) is -1.59. The van der Waals surface area contributed by atoms with Gasteiger partial charge in [0.25, 0.3) is 5.91 Å². The van der Waals surface area contributed by atoms with E-state index in [1.807, 2.05) is 0 Å². The monoisotopic (exact) mass is 321 g/mol. The van der Waals surface area contributed by atoms with Crippen LogP contribution in [0.15, 0.2) is 12.3 Å². The predicted molar refractivity (Wildman–Crippen MR) is 67.5 cm³/mol. The Hall–Kier alpha value is -1.83. The molecule has 1 unspecified atom stereocenters. The zero-order valence-electron chi connectivity index (χ0n) is 10.7. The van der Waals surface area contributed by atoms with Gasteiger partial charge in [0.15, 0.2) is 0 Å². The molecule has 0 aromatic carbocycles. The van der Waals surface area contributed by atoms with Gasteiger partial charge < -0.3 is 10.6 Å². The van der Waals surface area contributed by atoms with Gasteiger partial charge in [0.1, 0.15) is 5.69 Å². The number of rotatable bonds is 2. The number of alkyl halides is 3. The van der Waals surface area contributed by atoms with Crippen LogP contribution in [0.1, 0.15) is 22.5 Å². The van der Waals surface area contributed by atoms with E-state index >= 15 is 0 Å². The molecule has 5 nitrogen and oxygen atoms in total. The highest BCUT2D eigenvalue weighted by Gasteiger charge is 2.34. The van der Waals surface area contributed by atoms with E-state index in [1.54, 1.807) is 0 Å². The zero-order chi connectivity index (χ0) is 15.8. The summed E-state index contributed by atoms with van der Waals surface area (Å²) in [4.78, 5) is 28.0. The third kappa shape index (κ3) is 3.26. The number of nitrogens with two attached hydrogens (primary N) is 1. The smallest absolute Gasteiger partial charge is 0.369 e. The summed E-state index contributed by atoms with van der Waals surface area (Å²) in [6.45, 7) is 0.401. The average molecular weight is 322 g/mol. The summed E-state index contributed by atoms with van der Waals surface area (Å²) in [6.07, 6.45) is -3.61. The molecule has 0 radical (unpaired) electrons. The standard InChI is InChI=1S/C12H11ClF3N3O2/c13-8-3-7(12(14,15)16)4-18-9(8)11(21)19-2-1-6(5-19)10(17)20/h3-4,6H,1-2,5H2,(H2,17,20). The summed E-state index contributed by atoms with van der Waals surface area (Å²) in [6, 6.07) is 0.656. The predicted octanol–water partition coefficient (Wildman–Crippen LogP) is 1.70. The molecule has 2 heterocycles. The molecular formula is C12H11ClF3N3O2. The summed E-state index contributed by atoms with van der Waals surface area (Å²) in [5, 5.41) is -0.377. The van der Waals surface area contributed by atoms with Gasteiger partial charge >= 0.3 is 6.18 Å². The van der Waals surface area contributed by atoms with Crippen LogP contribution in [0.4, 0.5) is 13.2 Å². The van der Waals surface area contributed by atoms with Crippen LogP contribution in [0.2, 0.25) is 5.02 Å². The number of halogens is 4. The van der Waals surface area contributed by atoms with Crippen molar-refractivity contribution in [1.82, 2.24) is 9.88 Å². The van der Waals surface area contributed by atoms with Gasteiger partial charge in [-0.05, 0) is 12.5 Å². The molecule has 0 bridgehead atoms. The number of hydrogen-bond acceptors (Lipinski definition) is 3. The molecule has 1 atom stereocenters. The molecule has 0 aliphatic carbocycles. The molecule has 1 fully saturated rings. The lowest BCUT2D eigenvalue weighted by atomic mass is 10.1. The maximum absolute atomic E-state index is 12.5. The highest BCUT2D eigenvalue weighted by molar-refractivity contribution is 6.33. The minimum absolute atomic E-state index is 0.118. The largest absolute Gasteiger partial charge is 0.417 e. The first-order chi connectivity index (χ1) is 9.70. The second-order valence-electron chi connectivity index (χ2n) is 4.69. The Morgan fingerprint density at radius 2 is 2.10 bits per heavy atom. The van der Waals surface area contributed by atoms with Crippen LogP contribution >= 0.6 is 11.6 Å². The van der Waals surface area contributed by atoms with Crippen molar-refractivity contribution >= 4 is 23.4 Å². The van der Waals surface area contributed by atoms with Crippen molar-refractivity contribution in [2.45, 2.75) is 12.6 Å². The average Bonchev–Trinajstić information content (AvgIpc) is 2.86. The molecule has 2 amide bonds. The van der Waals surface area contributed by atoms with Crippen molar-refractivity contribution in [3.8, 4) is 0 Å². The van der Waals surface area contributed by atoms with E-state index in [2.05, 4.69) is 4.98 Å². The summed E-state index contributed by atoms with van der Waals surface area (Å²) >= 11 is 5.71. The molecule has 1 aromatic heterocycles. The number of hydrogen-bond donors (Lipinski definition) is 1. The molecule has 1 saturated heterocycles. The van der Waals surface area contributed by atoms with Crippen molar-refractivity contribution in [2.75, 3.05) is 13.1 Å². The molecule has 2 N–H and O–H groups in total. The van der Waals surface area contributed by atoms with Crippen LogP contribution in [-0.2, 0) is 11.0 Å². The van der Waals surface area contributed by atoms with Crippen molar-refractivity contribution < 1.29 is 22.8 Å². The molecule has 1 aliphatic rings. The Morgan fingerprint density at radius 3 is 2.57 bits per heavy atom. The van der Waals surface area contributed by atoms with E-state index in [0.717, 1.165) is 0 Å². The van der Waals surface area contributed by atoms with E-state index in [-0.39, 0.29) is 23.8 Å². The van der Waals surface area contributed by atoms with E-state index in [9.17, 15) is 22.8 Å². The molecule has 114 valence electrons. The Balaban J connectivity index is 2.19. The van der Waals surface area contributed by atoms with Crippen LogP contribution in [-0.4, -0.2) is 34.8 Å². The number of carbonyl (C=O) groups is 2. The van der Waals surface area contributed by atoms with Crippen molar-refractivity contribution in [2.24, 2.45) is 11.7 Å². The van der Waals surface area contributed by atoms with Crippen LogP contribution in [0.25, 0.3) is 0 Å². The maximum Gasteiger partial charge on any atom is 0.417 e. The lowest BCUT2D eigenvalue weighted by molar-refractivity contribution is -0.137. The molecule has 1 aliphatic heterocycles. The van der Waals surface area contributed by atoms with E-state index in [0.29, 0.717) is 18.7 Å². The van der Waals surface area contributed by atoms with Crippen LogP contribution in [0.5, 0.6) is 0 Å². The zero-order valence-corrected chi connectivity index (χ0v) is 11.4. The van der Waals surface area contributed by atoms with Gasteiger partial charge in [0.2, 0.25) is 5.91 Å². The first-order valence-electron chi connectivity index (χ1n) is 6.01. The fourth-order valence-corrected chi connectivity index (χ4v) is 2.32. The van der Waals surface area contributed by atoms with Crippen molar-refractivity contribution in [1.29, 1.82) is 0 Å². The van der Waals surface area contributed by atoms with Gasteiger partial charge in [0.05, 0.1) is 16.5 Å². The number of nitrogens with zero attached hydrogens (tertiary/aromatic N) is 2. The first-order valence-corrected chi connectivity index (χ1v) is 6.39. The molecule has 0 saturated carbocycles. The third-order valence-electron chi connectivity index (χ3n) is 3.25. The first kappa shape index (κ1) is 15.6. The summed E-state index contributed by atoms with van der Waals surface area (Å²) in [5.41, 5.74) is 3.86. The Morgan fingerprint density at radius 1 is 1.43 bits per heavy atom. The molecule has 2 rings (SSSR count). The van der Waals surface area contributed by atoms with Crippen LogP contribution < -0.4 is 5.73 Å². The quantitative estimate of drug-likeness (QED) is 0.900. The highest BCUT2D eigenvalue weighted by atomic mass is 35.5. The fraction of sp³-hybridized carbons (Fsp3) is 0.417. The normalized spacial score (nSPS) is 18.9. The van der Waals surface area contributed by atoms with Crippen molar-refractivity contribution in [3.05, 3.63) is 28.5 Å². The van der Waals surface area contributed by atoms with Crippen molar-refractivity contribution in [3.63, 3.8) is 0 Å². The Bertz CT molecular complexity index is 592. The van der Waals surface area contributed by atoms with Gasteiger partial charge in [-0.3, -0.25) is 9.59 Å².